The van der Waals surface area contributed by atoms with Crippen molar-refractivity contribution in [3.63, 3.8) is 0 Å². The van der Waals surface area contributed by atoms with Crippen molar-refractivity contribution in [3.05, 3.63) is 29.8 Å². The lowest BCUT2D eigenvalue weighted by Crippen LogP contribution is -2.51. The summed E-state index contributed by atoms with van der Waals surface area (Å²) in [4.78, 5) is 12.6. The second kappa shape index (κ2) is 6.74. The van der Waals surface area contributed by atoms with Gasteiger partial charge in [-0.2, -0.15) is 0 Å². The van der Waals surface area contributed by atoms with E-state index in [-0.39, 0.29) is 29.0 Å². The summed E-state index contributed by atoms with van der Waals surface area (Å²) in [6, 6.07) is 8.06. The molecule has 5 rings (SSSR count). The molecular weight excluding hydrogens is 354 g/mol. The van der Waals surface area contributed by atoms with E-state index < -0.39 is 0 Å². The van der Waals surface area contributed by atoms with E-state index in [1.165, 1.54) is 24.8 Å². The molecular formula is C23H31NO4. The van der Waals surface area contributed by atoms with E-state index in [1.54, 1.807) is 7.11 Å². The van der Waals surface area contributed by atoms with Gasteiger partial charge in [0.1, 0.15) is 11.9 Å². The first-order chi connectivity index (χ1) is 13.5. The van der Waals surface area contributed by atoms with Gasteiger partial charge >= 0.3 is 5.97 Å². The minimum Gasteiger partial charge on any atom is -0.497 e. The Labute approximate surface area is 167 Å². The van der Waals surface area contributed by atoms with Crippen molar-refractivity contribution in [3.8, 4) is 5.75 Å². The van der Waals surface area contributed by atoms with E-state index in [4.69, 9.17) is 14.2 Å². The second-order valence-electron chi connectivity index (χ2n) is 9.58. The minimum atomic E-state index is -0.0366. The van der Waals surface area contributed by atoms with Gasteiger partial charge < -0.3 is 19.5 Å². The van der Waals surface area contributed by atoms with Crippen LogP contribution in [-0.4, -0.2) is 37.9 Å². The quantitative estimate of drug-likeness (QED) is 0.622. The number of nitrogens with one attached hydrogen (secondary N) is 1. The topological polar surface area (TPSA) is 60.1 Å². The first kappa shape index (κ1) is 18.4. The van der Waals surface area contributed by atoms with Crippen LogP contribution >= 0.6 is 0 Å². The average Bonchev–Trinajstić information content (AvgIpc) is 3.39. The lowest BCUT2D eigenvalue weighted by atomic mass is 9.53. The highest BCUT2D eigenvalue weighted by molar-refractivity contribution is 5.75. The van der Waals surface area contributed by atoms with Crippen LogP contribution in [0, 0.1) is 23.2 Å². The summed E-state index contributed by atoms with van der Waals surface area (Å²) < 4.78 is 17.1. The van der Waals surface area contributed by atoms with Gasteiger partial charge in [0.05, 0.1) is 25.2 Å². The molecule has 2 heterocycles. The van der Waals surface area contributed by atoms with Crippen LogP contribution in [-0.2, 0) is 20.8 Å². The first-order valence-corrected chi connectivity index (χ1v) is 10.7. The van der Waals surface area contributed by atoms with Gasteiger partial charge in [0, 0.05) is 19.0 Å². The van der Waals surface area contributed by atoms with Crippen molar-refractivity contribution in [1.29, 1.82) is 0 Å². The highest BCUT2D eigenvalue weighted by Crippen LogP contribution is 2.62. The molecule has 1 spiro atoms. The van der Waals surface area contributed by atoms with Crippen molar-refractivity contribution in [2.24, 2.45) is 23.2 Å². The van der Waals surface area contributed by atoms with E-state index in [0.29, 0.717) is 18.4 Å². The van der Waals surface area contributed by atoms with Crippen LogP contribution in [0.4, 0.5) is 0 Å². The summed E-state index contributed by atoms with van der Waals surface area (Å²) in [6.45, 7) is 4.75. The fourth-order valence-electron chi connectivity index (χ4n) is 6.31. The Hall–Kier alpha value is -1.59. The maximum Gasteiger partial charge on any atom is 0.310 e. The molecule has 0 amide bonds. The van der Waals surface area contributed by atoms with Gasteiger partial charge in [-0.25, -0.2) is 0 Å². The van der Waals surface area contributed by atoms with Gasteiger partial charge in [0.2, 0.25) is 0 Å². The van der Waals surface area contributed by atoms with E-state index in [0.717, 1.165) is 31.7 Å². The van der Waals surface area contributed by atoms with Crippen LogP contribution in [0.2, 0.25) is 0 Å². The number of hydrogen-bond acceptors (Lipinski definition) is 5. The van der Waals surface area contributed by atoms with E-state index in [1.807, 2.05) is 12.1 Å². The predicted molar refractivity (Wildman–Crippen MR) is 105 cm³/mol. The molecule has 5 nitrogen and oxygen atoms in total. The monoisotopic (exact) mass is 385 g/mol. The lowest BCUT2D eigenvalue weighted by Gasteiger charge is -2.51. The third kappa shape index (κ3) is 3.03. The van der Waals surface area contributed by atoms with Crippen LogP contribution in [0.5, 0.6) is 5.75 Å². The molecule has 5 heteroatoms. The highest BCUT2D eigenvalue weighted by atomic mass is 16.6. The number of ether oxygens (including phenoxy) is 3. The van der Waals surface area contributed by atoms with E-state index in [9.17, 15) is 4.79 Å². The Balaban J connectivity index is 1.24. The molecule has 2 aliphatic heterocycles. The molecule has 2 saturated heterocycles. The number of carbonyl (C=O) groups excluding carboxylic acids is 1. The van der Waals surface area contributed by atoms with Crippen LogP contribution in [0.3, 0.4) is 0 Å². The van der Waals surface area contributed by atoms with Crippen molar-refractivity contribution in [2.45, 2.75) is 57.3 Å². The van der Waals surface area contributed by atoms with E-state index in [2.05, 4.69) is 24.4 Å². The molecule has 6 atom stereocenters. The average molecular weight is 386 g/mol. The summed E-state index contributed by atoms with van der Waals surface area (Å²) in [5.41, 5.74) is 1.57. The predicted octanol–water partition coefficient (Wildman–Crippen LogP) is 3.31. The fraction of sp³-hybridized carbons (Fsp3) is 0.696. The van der Waals surface area contributed by atoms with Crippen molar-refractivity contribution in [2.75, 3.05) is 20.3 Å². The van der Waals surface area contributed by atoms with E-state index >= 15 is 0 Å². The number of benzene rings is 1. The zero-order valence-corrected chi connectivity index (χ0v) is 16.9. The van der Waals surface area contributed by atoms with Crippen LogP contribution in [0.25, 0.3) is 0 Å². The zero-order chi connectivity index (χ0) is 19.4. The highest BCUT2D eigenvalue weighted by Gasteiger charge is 2.64. The summed E-state index contributed by atoms with van der Waals surface area (Å²) in [6.07, 6.45) is 5.85. The molecule has 0 bridgehead atoms. The molecule has 1 N–H and O–H groups in total. The number of esters is 1. The minimum absolute atomic E-state index is 0.00903. The normalized spacial score (nSPS) is 41.3. The summed E-state index contributed by atoms with van der Waals surface area (Å²) in [5, 5.41) is 3.49. The summed E-state index contributed by atoms with van der Waals surface area (Å²) in [7, 11) is 1.67. The molecule has 2 aliphatic carbocycles. The standard InChI is InChI=1S/C23H31NO4/c1-22-8-3-9-23(14-27-23)20(22)10-17-18(21(25)28-19(17)11-22)13-24-12-15-4-6-16(26-2)7-5-15/h4-7,17-20,24H,3,8-14H2,1-2H3/t17-,18+,19+,20+,22+,23-/m0/s1. The Morgan fingerprint density at radius 1 is 1.25 bits per heavy atom. The first-order valence-electron chi connectivity index (χ1n) is 10.7. The number of methoxy groups -OCH3 is 1. The smallest absolute Gasteiger partial charge is 0.310 e. The Bertz CT molecular complexity index is 743. The molecule has 1 aromatic carbocycles. The van der Waals surface area contributed by atoms with Gasteiger partial charge in [-0.15, -0.1) is 0 Å². The third-order valence-electron chi connectivity index (χ3n) is 7.93. The van der Waals surface area contributed by atoms with Crippen LogP contribution < -0.4 is 10.1 Å². The van der Waals surface area contributed by atoms with Crippen LogP contribution in [0.1, 0.15) is 44.6 Å². The number of hydrogen-bond donors (Lipinski definition) is 1. The third-order valence-corrected chi connectivity index (χ3v) is 7.93. The lowest BCUT2D eigenvalue weighted by molar-refractivity contribution is -0.147. The molecule has 152 valence electrons. The number of carbonyl (C=O) groups is 1. The SMILES string of the molecule is COc1ccc(CNC[C@H]2C(=O)O[C@@H]3C[C@@]4(C)CCC[C@]5(CO5)[C@@H]4C[C@H]32)cc1. The maximum atomic E-state index is 12.6. The zero-order valence-electron chi connectivity index (χ0n) is 16.9. The number of fused-ring (bicyclic) bond motifs is 3. The largest absolute Gasteiger partial charge is 0.497 e. The van der Waals surface area contributed by atoms with Gasteiger partial charge in [-0.05, 0) is 61.1 Å². The number of epoxide rings is 1. The Kier molecular flexibility index (Phi) is 4.44. The fourth-order valence-corrected chi connectivity index (χ4v) is 6.31. The van der Waals surface area contributed by atoms with Gasteiger partial charge in [-0.3, -0.25) is 4.79 Å². The molecule has 0 aromatic heterocycles. The molecule has 2 saturated carbocycles. The van der Waals surface area contributed by atoms with Gasteiger partial charge in [0.25, 0.3) is 0 Å². The Morgan fingerprint density at radius 3 is 2.75 bits per heavy atom. The summed E-state index contributed by atoms with van der Waals surface area (Å²) in [5.74, 6) is 1.72. The molecule has 4 fully saturated rings. The molecule has 28 heavy (non-hydrogen) atoms. The molecule has 0 unspecified atom stereocenters. The maximum absolute atomic E-state index is 12.6. The molecule has 1 aromatic rings. The summed E-state index contributed by atoms with van der Waals surface area (Å²) >= 11 is 0. The van der Waals surface area contributed by atoms with Gasteiger partial charge in [0.15, 0.2) is 0 Å². The second-order valence-corrected chi connectivity index (χ2v) is 9.58. The number of rotatable bonds is 5. The molecule has 4 aliphatic rings. The van der Waals surface area contributed by atoms with Crippen LogP contribution in [0.15, 0.2) is 24.3 Å². The van der Waals surface area contributed by atoms with Crippen molar-refractivity contribution < 1.29 is 19.0 Å². The van der Waals surface area contributed by atoms with Crippen molar-refractivity contribution in [1.82, 2.24) is 5.32 Å². The Morgan fingerprint density at radius 2 is 2.04 bits per heavy atom. The molecule has 0 radical (unpaired) electrons. The van der Waals surface area contributed by atoms with Crippen molar-refractivity contribution >= 4 is 5.97 Å². The van der Waals surface area contributed by atoms with Gasteiger partial charge in [-0.1, -0.05) is 19.1 Å².